The van der Waals surface area contributed by atoms with Crippen molar-refractivity contribution in [2.75, 3.05) is 33.7 Å². The van der Waals surface area contributed by atoms with Gasteiger partial charge in [-0.2, -0.15) is 0 Å². The lowest BCUT2D eigenvalue weighted by Crippen LogP contribution is -2.47. The van der Waals surface area contributed by atoms with E-state index in [1.807, 2.05) is 0 Å². The highest BCUT2D eigenvalue weighted by atomic mass is 16.1. The number of likely N-dealkylation sites (N-methyl/N-ethyl adjacent to an activating group) is 2. The van der Waals surface area contributed by atoms with Crippen molar-refractivity contribution in [3.63, 3.8) is 0 Å². The second kappa shape index (κ2) is 6.18. The number of nitrogens with two attached hydrogens (primary N) is 2. The van der Waals surface area contributed by atoms with Gasteiger partial charge in [-0.15, -0.1) is 0 Å². The Labute approximate surface area is 97.7 Å². The van der Waals surface area contributed by atoms with E-state index in [1.54, 1.807) is 0 Å². The number of carbonyl (C=O) groups excluding carboxylic acids is 1. The predicted molar refractivity (Wildman–Crippen MR) is 64.9 cm³/mol. The van der Waals surface area contributed by atoms with Crippen LogP contribution in [0.2, 0.25) is 0 Å². The van der Waals surface area contributed by atoms with Crippen molar-refractivity contribution in [1.82, 2.24) is 9.80 Å². The fourth-order valence-corrected chi connectivity index (χ4v) is 2.17. The van der Waals surface area contributed by atoms with Crippen LogP contribution in [-0.2, 0) is 4.79 Å². The lowest BCUT2D eigenvalue weighted by atomic mass is 10.0. The maximum atomic E-state index is 10.8. The van der Waals surface area contributed by atoms with Crippen molar-refractivity contribution in [2.24, 2.45) is 11.5 Å². The fourth-order valence-electron chi connectivity index (χ4n) is 2.17. The van der Waals surface area contributed by atoms with Crippen molar-refractivity contribution in [1.29, 1.82) is 0 Å². The first kappa shape index (κ1) is 13.4. The largest absolute Gasteiger partial charge is 0.368 e. The lowest BCUT2D eigenvalue weighted by molar-refractivity contribution is -0.119. The minimum atomic E-state index is -0.510. The molecule has 0 aromatic rings. The first-order valence-corrected chi connectivity index (χ1v) is 5.94. The van der Waals surface area contributed by atoms with Crippen LogP contribution in [0, 0.1) is 0 Å². The predicted octanol–water partition coefficient (Wildman–Crippen LogP) is -0.785. The van der Waals surface area contributed by atoms with Crippen LogP contribution in [0.5, 0.6) is 0 Å². The number of hydrogen-bond donors (Lipinski definition) is 2. The van der Waals surface area contributed by atoms with Gasteiger partial charge >= 0.3 is 0 Å². The Hall–Kier alpha value is -0.650. The number of hydrogen-bond acceptors (Lipinski definition) is 4. The molecule has 1 saturated heterocycles. The van der Waals surface area contributed by atoms with Gasteiger partial charge in [-0.1, -0.05) is 0 Å². The van der Waals surface area contributed by atoms with Crippen LogP contribution in [0.1, 0.15) is 19.3 Å². The van der Waals surface area contributed by atoms with Crippen LogP contribution in [0.3, 0.4) is 0 Å². The molecular formula is C11H24N4O. The fraction of sp³-hybridized carbons (Fsp3) is 0.909. The molecule has 4 N–H and O–H groups in total. The van der Waals surface area contributed by atoms with E-state index in [4.69, 9.17) is 11.5 Å². The van der Waals surface area contributed by atoms with Gasteiger partial charge in [0.05, 0.1) is 6.04 Å². The molecule has 16 heavy (non-hydrogen) atoms. The second-order valence-electron chi connectivity index (χ2n) is 4.84. The van der Waals surface area contributed by atoms with Crippen molar-refractivity contribution in [2.45, 2.75) is 31.3 Å². The molecule has 1 aliphatic rings. The Balaban J connectivity index is 2.28. The van der Waals surface area contributed by atoms with E-state index in [9.17, 15) is 4.79 Å². The second-order valence-corrected chi connectivity index (χ2v) is 4.84. The molecule has 0 aromatic carbocycles. The molecule has 0 aromatic heterocycles. The molecule has 2 unspecified atom stereocenters. The van der Waals surface area contributed by atoms with Crippen molar-refractivity contribution >= 4 is 5.91 Å². The minimum Gasteiger partial charge on any atom is -0.368 e. The van der Waals surface area contributed by atoms with E-state index in [-0.39, 0.29) is 0 Å². The highest BCUT2D eigenvalue weighted by molar-refractivity contribution is 5.79. The summed E-state index contributed by atoms with van der Waals surface area (Å²) in [7, 11) is 4.24. The Bertz CT molecular complexity index is 234. The molecular weight excluding hydrogens is 204 g/mol. The van der Waals surface area contributed by atoms with Gasteiger partial charge in [0.25, 0.3) is 0 Å². The molecule has 1 aliphatic heterocycles. The van der Waals surface area contributed by atoms with Gasteiger partial charge in [0.1, 0.15) is 0 Å². The summed E-state index contributed by atoms with van der Waals surface area (Å²) in [6.45, 7) is 3.12. The highest BCUT2D eigenvalue weighted by Crippen LogP contribution is 2.13. The summed E-state index contributed by atoms with van der Waals surface area (Å²) < 4.78 is 0. The summed E-state index contributed by atoms with van der Waals surface area (Å²) in [6.07, 6.45) is 3.12. The number of primary amides is 1. The van der Waals surface area contributed by atoms with Crippen LogP contribution in [0.4, 0.5) is 0 Å². The first-order chi connectivity index (χ1) is 7.50. The number of likely N-dealkylation sites (tertiary alicyclic amines) is 1. The summed E-state index contributed by atoms with van der Waals surface area (Å²) in [6, 6.07) is 0.0718. The average molecular weight is 228 g/mol. The number of nitrogens with zero attached hydrogens (tertiary/aromatic N) is 2. The number of piperidine rings is 1. The molecule has 1 amide bonds. The van der Waals surface area contributed by atoms with Gasteiger partial charge in [0.2, 0.25) is 5.91 Å². The van der Waals surface area contributed by atoms with Crippen LogP contribution in [0.25, 0.3) is 0 Å². The van der Waals surface area contributed by atoms with E-state index in [0.29, 0.717) is 12.5 Å². The Morgan fingerprint density at radius 1 is 1.62 bits per heavy atom. The van der Waals surface area contributed by atoms with E-state index >= 15 is 0 Å². The minimum absolute atomic E-state index is 0.408. The molecule has 1 rings (SSSR count). The molecule has 5 heteroatoms. The van der Waals surface area contributed by atoms with E-state index < -0.39 is 11.9 Å². The topological polar surface area (TPSA) is 75.6 Å². The Morgan fingerprint density at radius 3 is 2.88 bits per heavy atom. The molecule has 0 spiro atoms. The zero-order valence-corrected chi connectivity index (χ0v) is 10.4. The van der Waals surface area contributed by atoms with Crippen LogP contribution >= 0.6 is 0 Å². The molecule has 0 aliphatic carbocycles. The SMILES string of the molecule is CN1CCCC(N(C)CCC(N)C(N)=O)C1. The van der Waals surface area contributed by atoms with Gasteiger partial charge in [-0.3, -0.25) is 4.79 Å². The molecule has 1 heterocycles. The third-order valence-electron chi connectivity index (χ3n) is 3.38. The Kier molecular flexibility index (Phi) is 5.18. The standard InChI is InChI=1S/C11H24N4O/c1-14-6-3-4-9(8-14)15(2)7-5-10(12)11(13)16/h9-10H,3-8,12H2,1-2H3,(H2,13,16). The molecule has 1 fully saturated rings. The number of carbonyl (C=O) groups is 1. The summed E-state index contributed by atoms with van der Waals surface area (Å²) in [5.74, 6) is -0.408. The summed E-state index contributed by atoms with van der Waals surface area (Å²) >= 11 is 0. The summed E-state index contributed by atoms with van der Waals surface area (Å²) in [5, 5.41) is 0. The third kappa shape index (κ3) is 4.08. The third-order valence-corrected chi connectivity index (χ3v) is 3.38. The van der Waals surface area contributed by atoms with Crippen molar-refractivity contribution in [3.8, 4) is 0 Å². The van der Waals surface area contributed by atoms with Crippen molar-refractivity contribution in [3.05, 3.63) is 0 Å². The first-order valence-electron chi connectivity index (χ1n) is 5.94. The molecule has 2 atom stereocenters. The molecule has 0 radical (unpaired) electrons. The van der Waals surface area contributed by atoms with Crippen LogP contribution in [-0.4, -0.2) is 61.5 Å². The van der Waals surface area contributed by atoms with Crippen LogP contribution < -0.4 is 11.5 Å². The molecule has 0 bridgehead atoms. The smallest absolute Gasteiger partial charge is 0.234 e. The lowest BCUT2D eigenvalue weighted by Gasteiger charge is -2.36. The summed E-state index contributed by atoms with van der Waals surface area (Å²) in [5.41, 5.74) is 10.7. The van der Waals surface area contributed by atoms with E-state index in [1.165, 1.54) is 19.4 Å². The van der Waals surface area contributed by atoms with Gasteiger partial charge < -0.3 is 21.3 Å². The number of amides is 1. The molecule has 5 nitrogen and oxygen atoms in total. The normalized spacial score (nSPS) is 24.6. The maximum absolute atomic E-state index is 10.8. The maximum Gasteiger partial charge on any atom is 0.234 e. The Morgan fingerprint density at radius 2 is 2.31 bits per heavy atom. The zero-order valence-electron chi connectivity index (χ0n) is 10.4. The van der Waals surface area contributed by atoms with Gasteiger partial charge in [0, 0.05) is 19.1 Å². The molecule has 94 valence electrons. The van der Waals surface area contributed by atoms with Crippen molar-refractivity contribution < 1.29 is 4.79 Å². The average Bonchev–Trinajstić information content (AvgIpc) is 2.25. The van der Waals surface area contributed by atoms with Gasteiger partial charge in [0.15, 0.2) is 0 Å². The quantitative estimate of drug-likeness (QED) is 0.647. The van der Waals surface area contributed by atoms with E-state index in [0.717, 1.165) is 13.1 Å². The monoisotopic (exact) mass is 228 g/mol. The van der Waals surface area contributed by atoms with Gasteiger partial charge in [-0.05, 0) is 39.9 Å². The zero-order chi connectivity index (χ0) is 12.1. The van der Waals surface area contributed by atoms with E-state index in [2.05, 4.69) is 23.9 Å². The highest BCUT2D eigenvalue weighted by Gasteiger charge is 2.21. The molecule has 0 saturated carbocycles. The number of rotatable bonds is 5. The van der Waals surface area contributed by atoms with Gasteiger partial charge in [-0.25, -0.2) is 0 Å². The summed E-state index contributed by atoms with van der Waals surface area (Å²) in [4.78, 5) is 15.4. The van der Waals surface area contributed by atoms with Crippen LogP contribution in [0.15, 0.2) is 0 Å².